The van der Waals surface area contributed by atoms with E-state index in [1.165, 1.54) is 0 Å². The van der Waals surface area contributed by atoms with Crippen LogP contribution < -0.4 is 10.6 Å². The predicted molar refractivity (Wildman–Crippen MR) is 74.5 cm³/mol. The standard InChI is InChI=1S/C12H22N2O4S/c1-12(5-3-6-18-8-12)14-11(17)13-9(10(15)16)4-7-19-2/h9H,3-8H2,1-2H3,(H,15,16)(H2,13,14,17)/t9-,12?/m1/s1. The first-order chi connectivity index (χ1) is 8.97. The van der Waals surface area contributed by atoms with E-state index in [-0.39, 0.29) is 0 Å². The number of aliphatic carboxylic acids is 1. The van der Waals surface area contributed by atoms with Crippen LogP contribution in [0.5, 0.6) is 0 Å². The number of ether oxygens (including phenoxy) is 1. The Morgan fingerprint density at radius 1 is 1.53 bits per heavy atom. The Balaban J connectivity index is 2.45. The smallest absolute Gasteiger partial charge is 0.326 e. The molecular weight excluding hydrogens is 268 g/mol. The molecule has 1 aliphatic heterocycles. The lowest BCUT2D eigenvalue weighted by atomic mass is 9.95. The summed E-state index contributed by atoms with van der Waals surface area (Å²) >= 11 is 1.55. The van der Waals surface area contributed by atoms with Crippen molar-refractivity contribution in [3.63, 3.8) is 0 Å². The highest BCUT2D eigenvalue weighted by molar-refractivity contribution is 7.98. The molecule has 19 heavy (non-hydrogen) atoms. The second-order valence-corrected chi connectivity index (χ2v) is 5.97. The molecule has 2 amide bonds. The molecule has 110 valence electrons. The summed E-state index contributed by atoms with van der Waals surface area (Å²) in [5.41, 5.74) is -0.412. The maximum Gasteiger partial charge on any atom is 0.326 e. The van der Waals surface area contributed by atoms with Gasteiger partial charge >= 0.3 is 12.0 Å². The number of rotatable bonds is 6. The van der Waals surface area contributed by atoms with Gasteiger partial charge in [0.1, 0.15) is 6.04 Å². The number of carbonyl (C=O) groups excluding carboxylic acids is 1. The van der Waals surface area contributed by atoms with Gasteiger partial charge in [0.25, 0.3) is 0 Å². The zero-order valence-corrected chi connectivity index (χ0v) is 12.2. The van der Waals surface area contributed by atoms with Crippen molar-refractivity contribution in [1.29, 1.82) is 0 Å². The second-order valence-electron chi connectivity index (χ2n) is 4.99. The van der Waals surface area contributed by atoms with Gasteiger partial charge in [-0.15, -0.1) is 0 Å². The van der Waals surface area contributed by atoms with Gasteiger partial charge in [-0.05, 0) is 38.2 Å². The zero-order chi connectivity index (χ0) is 14.3. The molecule has 0 aromatic rings. The molecule has 0 spiro atoms. The van der Waals surface area contributed by atoms with Crippen LogP contribution in [-0.4, -0.2) is 53.9 Å². The minimum atomic E-state index is -1.01. The maximum atomic E-state index is 11.8. The average molecular weight is 290 g/mol. The molecule has 6 nitrogen and oxygen atoms in total. The topological polar surface area (TPSA) is 87.7 Å². The number of urea groups is 1. The van der Waals surface area contributed by atoms with Crippen molar-refractivity contribution in [2.45, 2.75) is 37.8 Å². The Labute approximate surface area is 117 Å². The van der Waals surface area contributed by atoms with Gasteiger partial charge in [0.05, 0.1) is 12.1 Å². The summed E-state index contributed by atoms with van der Waals surface area (Å²) in [4.78, 5) is 22.9. The molecule has 1 saturated heterocycles. The predicted octanol–water partition coefficient (Wildman–Crippen LogP) is 1.06. The van der Waals surface area contributed by atoms with Crippen molar-refractivity contribution >= 4 is 23.8 Å². The summed E-state index contributed by atoms with van der Waals surface area (Å²) in [6.45, 7) is 3.08. The first kappa shape index (κ1) is 16.1. The van der Waals surface area contributed by atoms with Crippen molar-refractivity contribution in [3.05, 3.63) is 0 Å². The van der Waals surface area contributed by atoms with Gasteiger partial charge in [-0.1, -0.05) is 0 Å². The van der Waals surface area contributed by atoms with Crippen LogP contribution in [0, 0.1) is 0 Å². The van der Waals surface area contributed by atoms with Crippen molar-refractivity contribution < 1.29 is 19.4 Å². The molecule has 0 aromatic heterocycles. The maximum absolute atomic E-state index is 11.8. The number of hydrogen-bond donors (Lipinski definition) is 3. The number of hydrogen-bond acceptors (Lipinski definition) is 4. The van der Waals surface area contributed by atoms with Crippen LogP contribution in [0.2, 0.25) is 0 Å². The molecule has 1 rings (SSSR count). The summed E-state index contributed by atoms with van der Waals surface area (Å²) in [6.07, 6.45) is 4.05. The normalized spacial score (nSPS) is 24.5. The molecule has 1 aliphatic rings. The molecule has 3 N–H and O–H groups in total. The molecule has 1 heterocycles. The summed E-state index contributed by atoms with van der Waals surface area (Å²) in [6, 6.07) is -1.29. The van der Waals surface area contributed by atoms with E-state index in [0.717, 1.165) is 12.8 Å². The first-order valence-corrected chi connectivity index (χ1v) is 7.74. The third-order valence-corrected chi connectivity index (χ3v) is 3.71. The van der Waals surface area contributed by atoms with Gasteiger partial charge in [-0.25, -0.2) is 9.59 Å². The van der Waals surface area contributed by atoms with Crippen LogP contribution in [0.15, 0.2) is 0 Å². The molecule has 2 atom stereocenters. The van der Waals surface area contributed by atoms with Crippen molar-refractivity contribution in [2.24, 2.45) is 0 Å². The van der Waals surface area contributed by atoms with E-state index in [2.05, 4.69) is 10.6 Å². The second kappa shape index (κ2) is 7.59. The average Bonchev–Trinajstić information content (AvgIpc) is 2.34. The van der Waals surface area contributed by atoms with E-state index < -0.39 is 23.6 Å². The largest absolute Gasteiger partial charge is 0.480 e. The minimum absolute atomic E-state index is 0.412. The number of carboxylic acid groups (broad SMARTS) is 1. The zero-order valence-electron chi connectivity index (χ0n) is 11.4. The lowest BCUT2D eigenvalue weighted by Gasteiger charge is -2.34. The van der Waals surface area contributed by atoms with Crippen LogP contribution in [0.4, 0.5) is 4.79 Å². The van der Waals surface area contributed by atoms with Gasteiger partial charge < -0.3 is 20.5 Å². The van der Waals surface area contributed by atoms with Crippen LogP contribution in [0.3, 0.4) is 0 Å². The monoisotopic (exact) mass is 290 g/mol. The van der Waals surface area contributed by atoms with Gasteiger partial charge in [0, 0.05) is 6.61 Å². The fourth-order valence-electron chi connectivity index (χ4n) is 1.99. The van der Waals surface area contributed by atoms with Crippen molar-refractivity contribution in [2.75, 3.05) is 25.2 Å². The number of nitrogens with one attached hydrogen (secondary N) is 2. The fourth-order valence-corrected chi connectivity index (χ4v) is 2.47. The quantitative estimate of drug-likeness (QED) is 0.681. The third kappa shape index (κ3) is 5.69. The van der Waals surface area contributed by atoms with Crippen LogP contribution in [0.25, 0.3) is 0 Å². The molecule has 7 heteroatoms. The lowest BCUT2D eigenvalue weighted by molar-refractivity contribution is -0.139. The van der Waals surface area contributed by atoms with Crippen LogP contribution >= 0.6 is 11.8 Å². The number of amides is 2. The molecule has 0 bridgehead atoms. The summed E-state index contributed by atoms with van der Waals surface area (Å²) in [5.74, 6) is -0.313. The van der Waals surface area contributed by atoms with Crippen LogP contribution in [-0.2, 0) is 9.53 Å². The van der Waals surface area contributed by atoms with Gasteiger partial charge in [-0.2, -0.15) is 11.8 Å². The molecule has 0 aliphatic carbocycles. The SMILES string of the molecule is CSCC[C@@H](NC(=O)NC1(C)CCCOC1)C(=O)O. The molecule has 0 radical (unpaired) electrons. The number of carboxylic acids is 1. The van der Waals surface area contributed by atoms with E-state index in [1.54, 1.807) is 11.8 Å². The minimum Gasteiger partial charge on any atom is -0.480 e. The number of thioether (sulfide) groups is 1. The van der Waals surface area contributed by atoms with E-state index in [9.17, 15) is 9.59 Å². The molecule has 1 unspecified atom stereocenters. The molecular formula is C12H22N2O4S. The number of carbonyl (C=O) groups is 2. The molecule has 1 fully saturated rings. The highest BCUT2D eigenvalue weighted by atomic mass is 32.2. The summed E-state index contributed by atoms with van der Waals surface area (Å²) in [5, 5.41) is 14.4. The Kier molecular flexibility index (Phi) is 6.44. The highest BCUT2D eigenvalue weighted by Crippen LogP contribution is 2.18. The summed E-state index contributed by atoms with van der Waals surface area (Å²) in [7, 11) is 0. The van der Waals surface area contributed by atoms with Crippen molar-refractivity contribution in [1.82, 2.24) is 10.6 Å². The van der Waals surface area contributed by atoms with Crippen molar-refractivity contribution in [3.8, 4) is 0 Å². The van der Waals surface area contributed by atoms with Gasteiger partial charge in [0.15, 0.2) is 0 Å². The molecule has 0 aromatic carbocycles. The van der Waals surface area contributed by atoms with E-state index >= 15 is 0 Å². The lowest BCUT2D eigenvalue weighted by Crippen LogP contribution is -2.57. The Morgan fingerprint density at radius 2 is 2.26 bits per heavy atom. The first-order valence-electron chi connectivity index (χ1n) is 6.35. The van der Waals surface area contributed by atoms with E-state index in [0.29, 0.717) is 25.4 Å². The fraction of sp³-hybridized carbons (Fsp3) is 0.833. The van der Waals surface area contributed by atoms with Gasteiger partial charge in [-0.3, -0.25) is 0 Å². The van der Waals surface area contributed by atoms with E-state index in [1.807, 2.05) is 13.2 Å². The Bertz CT molecular complexity index is 319. The third-order valence-electron chi connectivity index (χ3n) is 3.07. The summed E-state index contributed by atoms with van der Waals surface area (Å²) < 4.78 is 5.34. The van der Waals surface area contributed by atoms with Gasteiger partial charge in [0.2, 0.25) is 0 Å². The molecule has 0 saturated carbocycles. The van der Waals surface area contributed by atoms with Crippen LogP contribution in [0.1, 0.15) is 26.2 Å². The van der Waals surface area contributed by atoms with E-state index in [4.69, 9.17) is 9.84 Å². The Morgan fingerprint density at radius 3 is 2.79 bits per heavy atom. The Hall–Kier alpha value is -0.950. The highest BCUT2D eigenvalue weighted by Gasteiger charge is 2.30.